The van der Waals surface area contributed by atoms with E-state index in [1.54, 1.807) is 0 Å². The van der Waals surface area contributed by atoms with Gasteiger partial charge in [0.05, 0.1) is 0 Å². The third-order valence-corrected chi connectivity index (χ3v) is 3.17. The highest BCUT2D eigenvalue weighted by atomic mass is 79.9. The second-order valence-electron chi connectivity index (χ2n) is 3.83. The fraction of sp³-hybridized carbons (Fsp3) is 0.455. The molecule has 1 atom stereocenters. The molecule has 3 heteroatoms. The Hall–Kier alpha value is -0.540. The van der Waals surface area contributed by atoms with Gasteiger partial charge in [0.25, 0.3) is 0 Å². The number of likely N-dealkylation sites (N-methyl/N-ethyl adjacent to an activating group) is 1. The van der Waals surface area contributed by atoms with E-state index in [9.17, 15) is 0 Å². The molecule has 0 aromatic heterocycles. The van der Waals surface area contributed by atoms with Crippen LogP contribution in [-0.4, -0.2) is 24.6 Å². The monoisotopic (exact) mass is 255 g/mol. The fourth-order valence-electron chi connectivity index (χ4n) is 1.57. The third kappa shape index (κ3) is 1.93. The van der Waals surface area contributed by atoms with Gasteiger partial charge in [-0.25, -0.2) is 0 Å². The topological polar surface area (TPSA) is 12.5 Å². The molecule has 76 valence electrons. The van der Waals surface area contributed by atoms with Crippen LogP contribution in [0.4, 0.5) is 0 Å². The maximum atomic E-state index is 5.72. The standard InChI is InChI=1S/C11H14BrNO/c1-8-7-14-11-4-3-10(12)5-9(11)6-13(8)2/h3-5,8H,6-7H2,1-2H3. The van der Waals surface area contributed by atoms with Crippen molar-refractivity contribution in [3.63, 3.8) is 0 Å². The lowest BCUT2D eigenvalue weighted by atomic mass is 10.2. The SMILES string of the molecule is CC1COc2ccc(Br)cc2CN1C. The Bertz CT molecular complexity index is 340. The van der Waals surface area contributed by atoms with Crippen LogP contribution in [0.15, 0.2) is 22.7 Å². The van der Waals surface area contributed by atoms with Crippen molar-refractivity contribution in [1.29, 1.82) is 0 Å². The van der Waals surface area contributed by atoms with Crippen LogP contribution >= 0.6 is 15.9 Å². The number of ether oxygens (including phenoxy) is 1. The summed E-state index contributed by atoms with van der Waals surface area (Å²) in [7, 11) is 2.13. The molecule has 0 radical (unpaired) electrons. The molecule has 0 spiro atoms. The first kappa shape index (κ1) is 9.99. The number of hydrogen-bond donors (Lipinski definition) is 0. The van der Waals surface area contributed by atoms with Gasteiger partial charge in [-0.2, -0.15) is 0 Å². The first-order valence-electron chi connectivity index (χ1n) is 4.78. The van der Waals surface area contributed by atoms with Gasteiger partial charge in [0, 0.05) is 22.6 Å². The van der Waals surface area contributed by atoms with Gasteiger partial charge in [0.1, 0.15) is 12.4 Å². The first-order chi connectivity index (χ1) is 6.66. The van der Waals surface area contributed by atoms with E-state index in [1.807, 2.05) is 12.1 Å². The van der Waals surface area contributed by atoms with Crippen molar-refractivity contribution in [1.82, 2.24) is 4.90 Å². The summed E-state index contributed by atoms with van der Waals surface area (Å²) < 4.78 is 6.84. The summed E-state index contributed by atoms with van der Waals surface area (Å²) >= 11 is 3.48. The maximum absolute atomic E-state index is 5.72. The van der Waals surface area contributed by atoms with E-state index < -0.39 is 0 Å². The van der Waals surface area contributed by atoms with E-state index in [0.29, 0.717) is 6.04 Å². The summed E-state index contributed by atoms with van der Waals surface area (Å²) in [6, 6.07) is 6.66. The van der Waals surface area contributed by atoms with Crippen molar-refractivity contribution in [3.05, 3.63) is 28.2 Å². The van der Waals surface area contributed by atoms with Crippen molar-refractivity contribution in [3.8, 4) is 5.75 Å². The van der Waals surface area contributed by atoms with Crippen molar-refractivity contribution in [2.75, 3.05) is 13.7 Å². The van der Waals surface area contributed by atoms with E-state index in [2.05, 4.69) is 40.9 Å². The largest absolute Gasteiger partial charge is 0.492 e. The zero-order valence-electron chi connectivity index (χ0n) is 8.46. The first-order valence-corrected chi connectivity index (χ1v) is 5.57. The molecular weight excluding hydrogens is 242 g/mol. The van der Waals surface area contributed by atoms with Crippen LogP contribution in [0.5, 0.6) is 5.75 Å². The normalized spacial score (nSPS) is 22.4. The molecule has 1 aliphatic heterocycles. The van der Waals surface area contributed by atoms with Crippen molar-refractivity contribution < 1.29 is 4.74 Å². The molecule has 0 fully saturated rings. The summed E-state index contributed by atoms with van der Waals surface area (Å²) in [6.07, 6.45) is 0. The summed E-state index contributed by atoms with van der Waals surface area (Å²) in [5, 5.41) is 0. The predicted octanol–water partition coefficient (Wildman–Crippen LogP) is 2.66. The minimum atomic E-state index is 0.473. The highest BCUT2D eigenvalue weighted by Crippen LogP contribution is 2.27. The van der Waals surface area contributed by atoms with Gasteiger partial charge in [0.2, 0.25) is 0 Å². The van der Waals surface area contributed by atoms with Crippen molar-refractivity contribution in [2.45, 2.75) is 19.5 Å². The van der Waals surface area contributed by atoms with E-state index in [-0.39, 0.29) is 0 Å². The second-order valence-corrected chi connectivity index (χ2v) is 4.74. The highest BCUT2D eigenvalue weighted by Gasteiger charge is 2.17. The van der Waals surface area contributed by atoms with Gasteiger partial charge < -0.3 is 4.74 Å². The third-order valence-electron chi connectivity index (χ3n) is 2.67. The Kier molecular flexibility index (Phi) is 2.79. The molecule has 2 nitrogen and oxygen atoms in total. The lowest BCUT2D eigenvalue weighted by molar-refractivity contribution is 0.189. The zero-order valence-corrected chi connectivity index (χ0v) is 10.0. The van der Waals surface area contributed by atoms with E-state index >= 15 is 0 Å². The van der Waals surface area contributed by atoms with Crippen molar-refractivity contribution in [2.24, 2.45) is 0 Å². The second kappa shape index (κ2) is 3.91. The van der Waals surface area contributed by atoms with Gasteiger partial charge in [0.15, 0.2) is 0 Å². The molecule has 14 heavy (non-hydrogen) atoms. The zero-order chi connectivity index (χ0) is 10.1. The maximum Gasteiger partial charge on any atom is 0.123 e. The molecule has 0 N–H and O–H groups in total. The molecule has 1 aromatic carbocycles. The van der Waals surface area contributed by atoms with Gasteiger partial charge in [-0.3, -0.25) is 4.90 Å². The summed E-state index contributed by atoms with van der Waals surface area (Å²) in [5.74, 6) is 1.02. The minimum Gasteiger partial charge on any atom is -0.492 e. The van der Waals surface area contributed by atoms with Gasteiger partial charge >= 0.3 is 0 Å². The Labute approximate surface area is 93.0 Å². The average Bonchev–Trinajstić information content (AvgIpc) is 2.27. The number of halogens is 1. The predicted molar refractivity (Wildman–Crippen MR) is 60.6 cm³/mol. The quantitative estimate of drug-likeness (QED) is 0.707. The molecule has 0 saturated heterocycles. The lowest BCUT2D eigenvalue weighted by Gasteiger charge is -2.19. The van der Waals surface area contributed by atoms with E-state index in [4.69, 9.17) is 4.74 Å². The van der Waals surface area contributed by atoms with E-state index in [0.717, 1.165) is 23.4 Å². The Balaban J connectivity index is 2.33. The molecular formula is C11H14BrNO. The van der Waals surface area contributed by atoms with Crippen LogP contribution in [0.2, 0.25) is 0 Å². The number of rotatable bonds is 0. The molecule has 0 saturated carbocycles. The van der Waals surface area contributed by atoms with Crippen LogP contribution in [0.25, 0.3) is 0 Å². The van der Waals surface area contributed by atoms with Crippen LogP contribution < -0.4 is 4.74 Å². The highest BCUT2D eigenvalue weighted by molar-refractivity contribution is 9.10. The van der Waals surface area contributed by atoms with Crippen LogP contribution in [0.1, 0.15) is 12.5 Å². The molecule has 0 amide bonds. The molecule has 1 heterocycles. The molecule has 0 bridgehead atoms. The summed E-state index contributed by atoms with van der Waals surface area (Å²) in [5.41, 5.74) is 1.26. The molecule has 1 unspecified atom stereocenters. The van der Waals surface area contributed by atoms with Gasteiger partial charge in [-0.1, -0.05) is 15.9 Å². The van der Waals surface area contributed by atoms with Gasteiger partial charge in [-0.15, -0.1) is 0 Å². The van der Waals surface area contributed by atoms with Gasteiger partial charge in [-0.05, 0) is 32.2 Å². The molecule has 1 aromatic rings. The lowest BCUT2D eigenvalue weighted by Crippen LogP contribution is -2.31. The average molecular weight is 256 g/mol. The summed E-state index contributed by atoms with van der Waals surface area (Å²) in [6.45, 7) is 3.90. The Morgan fingerprint density at radius 3 is 3.07 bits per heavy atom. The van der Waals surface area contributed by atoms with Crippen LogP contribution in [0.3, 0.4) is 0 Å². The van der Waals surface area contributed by atoms with Crippen LogP contribution in [-0.2, 0) is 6.54 Å². The van der Waals surface area contributed by atoms with Crippen molar-refractivity contribution >= 4 is 15.9 Å². The van der Waals surface area contributed by atoms with E-state index in [1.165, 1.54) is 5.56 Å². The number of benzene rings is 1. The molecule has 2 rings (SSSR count). The van der Waals surface area contributed by atoms with Crippen LogP contribution in [0, 0.1) is 0 Å². The number of fused-ring (bicyclic) bond motifs is 1. The minimum absolute atomic E-state index is 0.473. The Morgan fingerprint density at radius 2 is 2.29 bits per heavy atom. The Morgan fingerprint density at radius 1 is 1.50 bits per heavy atom. The number of nitrogens with zero attached hydrogens (tertiary/aromatic N) is 1. The fourth-order valence-corrected chi connectivity index (χ4v) is 1.98. The smallest absolute Gasteiger partial charge is 0.123 e. The molecule has 0 aliphatic carbocycles. The summed E-state index contributed by atoms with van der Waals surface area (Å²) in [4.78, 5) is 2.30. The number of hydrogen-bond acceptors (Lipinski definition) is 2. The molecule has 1 aliphatic rings.